The highest BCUT2D eigenvalue weighted by Crippen LogP contribution is 2.25. The van der Waals surface area contributed by atoms with E-state index in [2.05, 4.69) is 18.0 Å². The lowest BCUT2D eigenvalue weighted by atomic mass is 10.1. The zero-order chi connectivity index (χ0) is 13.9. The molecule has 20 heavy (non-hydrogen) atoms. The third-order valence-corrected chi connectivity index (χ3v) is 4.48. The summed E-state index contributed by atoms with van der Waals surface area (Å²) in [4.78, 5) is 19.7. The number of amides is 1. The fraction of sp³-hybridized carbons (Fsp3) is 0.250. The highest BCUT2D eigenvalue weighted by molar-refractivity contribution is 7.11. The lowest BCUT2D eigenvalue weighted by Crippen LogP contribution is -2.34. The maximum atomic E-state index is 12.4. The molecule has 3 nitrogen and oxygen atoms in total. The van der Waals surface area contributed by atoms with Crippen molar-refractivity contribution in [2.75, 3.05) is 11.4 Å². The van der Waals surface area contributed by atoms with Gasteiger partial charge in [-0.05, 0) is 55.0 Å². The number of carbonyl (C=O) groups excluding carboxylic acids is 1. The molecule has 0 saturated carbocycles. The number of hydrogen-bond donors (Lipinski definition) is 0. The number of anilines is 1. The van der Waals surface area contributed by atoms with Crippen molar-refractivity contribution in [1.29, 1.82) is 0 Å². The molecule has 0 fully saturated rings. The number of aromatic nitrogens is 1. The summed E-state index contributed by atoms with van der Waals surface area (Å²) in [5.41, 5.74) is 3.18. The van der Waals surface area contributed by atoms with E-state index in [1.54, 1.807) is 23.6 Å². The second kappa shape index (κ2) is 5.59. The van der Waals surface area contributed by atoms with Gasteiger partial charge in [0, 0.05) is 23.7 Å². The molecule has 2 aromatic heterocycles. The zero-order valence-electron chi connectivity index (χ0n) is 11.4. The molecule has 1 aliphatic heterocycles. The first kappa shape index (κ1) is 13.1. The van der Waals surface area contributed by atoms with Crippen LogP contribution >= 0.6 is 11.3 Å². The van der Waals surface area contributed by atoms with Crippen LogP contribution in [0.1, 0.15) is 22.6 Å². The zero-order valence-corrected chi connectivity index (χ0v) is 12.2. The summed E-state index contributed by atoms with van der Waals surface area (Å²) in [7, 11) is 0. The van der Waals surface area contributed by atoms with Gasteiger partial charge in [0.2, 0.25) is 0 Å². The molecule has 0 N–H and O–H groups in total. The Bertz CT molecular complexity index is 660. The van der Waals surface area contributed by atoms with E-state index in [-0.39, 0.29) is 5.91 Å². The fourth-order valence-electron chi connectivity index (χ4n) is 2.41. The maximum absolute atomic E-state index is 12.4. The third kappa shape index (κ3) is 2.51. The highest BCUT2D eigenvalue weighted by Gasteiger charge is 2.21. The van der Waals surface area contributed by atoms with E-state index in [9.17, 15) is 4.79 Å². The Morgan fingerprint density at radius 1 is 1.45 bits per heavy atom. The number of pyridine rings is 1. The molecular weight excluding hydrogens is 268 g/mol. The quantitative estimate of drug-likeness (QED) is 0.791. The summed E-state index contributed by atoms with van der Waals surface area (Å²) in [5, 5.41) is 2.04. The number of carbonyl (C=O) groups is 1. The van der Waals surface area contributed by atoms with E-state index < -0.39 is 0 Å². The van der Waals surface area contributed by atoms with Crippen molar-refractivity contribution in [3.05, 3.63) is 52.0 Å². The normalized spacial score (nSPS) is 14.6. The lowest BCUT2D eigenvalue weighted by Gasteiger charge is -2.27. The molecule has 0 radical (unpaired) electrons. The van der Waals surface area contributed by atoms with Gasteiger partial charge in [-0.25, -0.2) is 0 Å². The first-order valence-electron chi connectivity index (χ1n) is 6.73. The van der Waals surface area contributed by atoms with E-state index in [4.69, 9.17) is 0 Å². The van der Waals surface area contributed by atoms with Crippen molar-refractivity contribution >= 4 is 29.0 Å². The van der Waals surface area contributed by atoms with Crippen LogP contribution in [0, 0.1) is 6.92 Å². The van der Waals surface area contributed by atoms with Gasteiger partial charge in [-0.15, -0.1) is 11.3 Å². The number of hydrogen-bond acceptors (Lipinski definition) is 3. The van der Waals surface area contributed by atoms with Crippen LogP contribution in [0.4, 0.5) is 5.69 Å². The van der Waals surface area contributed by atoms with Crippen LogP contribution in [-0.2, 0) is 11.2 Å². The second-order valence-corrected chi connectivity index (χ2v) is 5.81. The Morgan fingerprint density at radius 3 is 3.15 bits per heavy atom. The van der Waals surface area contributed by atoms with E-state index >= 15 is 0 Å². The van der Waals surface area contributed by atoms with Crippen LogP contribution in [0.5, 0.6) is 0 Å². The molecule has 0 aliphatic carbocycles. The fourth-order valence-corrected chi connectivity index (χ4v) is 3.23. The molecule has 1 aliphatic rings. The van der Waals surface area contributed by atoms with Gasteiger partial charge < -0.3 is 4.90 Å². The number of fused-ring (bicyclic) bond motifs is 1. The smallest absolute Gasteiger partial charge is 0.251 e. The Hall–Kier alpha value is -1.94. The minimum atomic E-state index is 0.0340. The predicted octanol–water partition coefficient (Wildman–Crippen LogP) is 3.44. The minimum Gasteiger partial charge on any atom is -0.307 e. The van der Waals surface area contributed by atoms with Crippen molar-refractivity contribution in [1.82, 2.24) is 4.98 Å². The Labute approximate surface area is 122 Å². The van der Waals surface area contributed by atoms with Crippen molar-refractivity contribution in [3.8, 4) is 0 Å². The second-order valence-electron chi connectivity index (χ2n) is 4.86. The van der Waals surface area contributed by atoms with Crippen LogP contribution in [0.15, 0.2) is 35.9 Å². The number of aryl methyl sites for hydroxylation is 2. The maximum Gasteiger partial charge on any atom is 0.251 e. The molecule has 3 rings (SSSR count). The molecule has 0 bridgehead atoms. The van der Waals surface area contributed by atoms with Crippen LogP contribution < -0.4 is 4.90 Å². The summed E-state index contributed by atoms with van der Waals surface area (Å²) < 4.78 is 0. The summed E-state index contributed by atoms with van der Waals surface area (Å²) in [6, 6.07) is 5.93. The largest absolute Gasteiger partial charge is 0.307 e. The molecule has 0 unspecified atom stereocenters. The van der Waals surface area contributed by atoms with Gasteiger partial charge in [-0.1, -0.05) is 0 Å². The van der Waals surface area contributed by atoms with Gasteiger partial charge in [0.05, 0.1) is 11.4 Å². The first-order valence-corrected chi connectivity index (χ1v) is 7.61. The Balaban J connectivity index is 1.82. The minimum absolute atomic E-state index is 0.0340. The van der Waals surface area contributed by atoms with Gasteiger partial charge in [-0.3, -0.25) is 9.78 Å². The lowest BCUT2D eigenvalue weighted by molar-refractivity contribution is -0.114. The number of rotatable bonds is 2. The monoisotopic (exact) mass is 284 g/mol. The molecule has 0 atom stereocenters. The average molecular weight is 284 g/mol. The topological polar surface area (TPSA) is 33.2 Å². The summed E-state index contributed by atoms with van der Waals surface area (Å²) >= 11 is 1.65. The Kier molecular flexibility index (Phi) is 3.65. The van der Waals surface area contributed by atoms with Crippen molar-refractivity contribution in [3.63, 3.8) is 0 Å². The van der Waals surface area contributed by atoms with Gasteiger partial charge in [0.1, 0.15) is 0 Å². The molecule has 0 aromatic carbocycles. The van der Waals surface area contributed by atoms with Gasteiger partial charge >= 0.3 is 0 Å². The predicted molar refractivity (Wildman–Crippen MR) is 83.0 cm³/mol. The van der Waals surface area contributed by atoms with Crippen LogP contribution in [-0.4, -0.2) is 17.4 Å². The van der Waals surface area contributed by atoms with Gasteiger partial charge in [0.25, 0.3) is 5.91 Å². The van der Waals surface area contributed by atoms with Crippen LogP contribution in [0.2, 0.25) is 0 Å². The molecular formula is C16H16N2OS. The molecule has 0 saturated heterocycles. The third-order valence-electron chi connectivity index (χ3n) is 3.50. The number of nitrogens with zero attached hydrogens (tertiary/aromatic N) is 2. The molecule has 0 spiro atoms. The molecule has 4 heteroatoms. The molecule has 2 aromatic rings. The van der Waals surface area contributed by atoms with Gasteiger partial charge in [0.15, 0.2) is 0 Å². The van der Waals surface area contributed by atoms with E-state index in [0.717, 1.165) is 35.6 Å². The van der Waals surface area contributed by atoms with E-state index in [1.807, 2.05) is 28.5 Å². The van der Waals surface area contributed by atoms with Gasteiger partial charge in [-0.2, -0.15) is 0 Å². The molecule has 3 heterocycles. The molecule has 102 valence electrons. The first-order chi connectivity index (χ1) is 9.75. The summed E-state index contributed by atoms with van der Waals surface area (Å²) in [6.45, 7) is 2.83. The van der Waals surface area contributed by atoms with Crippen LogP contribution in [0.25, 0.3) is 6.08 Å². The van der Waals surface area contributed by atoms with E-state index in [0.29, 0.717) is 0 Å². The summed E-state index contributed by atoms with van der Waals surface area (Å²) in [6.07, 6.45) is 7.29. The Morgan fingerprint density at radius 2 is 2.35 bits per heavy atom. The van der Waals surface area contributed by atoms with Crippen LogP contribution in [0.3, 0.4) is 0 Å². The van der Waals surface area contributed by atoms with Crippen molar-refractivity contribution in [2.24, 2.45) is 0 Å². The van der Waals surface area contributed by atoms with Crippen molar-refractivity contribution in [2.45, 2.75) is 19.8 Å². The average Bonchev–Trinajstić information content (AvgIpc) is 2.89. The molecule has 1 amide bonds. The SMILES string of the molecule is Cc1ccsc1/C=C/C(=O)N1CCCc2ncccc21. The number of thiophene rings is 1. The van der Waals surface area contributed by atoms with E-state index in [1.165, 1.54) is 5.56 Å². The van der Waals surface area contributed by atoms with Crippen molar-refractivity contribution < 1.29 is 4.79 Å². The summed E-state index contributed by atoms with van der Waals surface area (Å²) in [5.74, 6) is 0.0340. The standard InChI is InChI=1S/C16H16N2OS/c1-12-8-11-20-15(12)6-7-16(19)18-10-3-4-13-14(18)5-2-9-17-13/h2,5-9,11H,3-4,10H2,1H3/b7-6+. The highest BCUT2D eigenvalue weighted by atomic mass is 32.1.